The molecular weight excluding hydrogens is 373 g/mol. The van der Waals surface area contributed by atoms with E-state index in [2.05, 4.69) is 5.16 Å². The summed E-state index contributed by atoms with van der Waals surface area (Å²) in [6, 6.07) is 4.64. The number of nitrogens with zero attached hydrogens (tertiary/aromatic N) is 1. The van der Waals surface area contributed by atoms with E-state index in [-0.39, 0.29) is 68.1 Å². The third-order valence-electron chi connectivity index (χ3n) is 3.36. The molecule has 1 aromatic rings. The Labute approximate surface area is 189 Å². The molecule has 0 unspecified atom stereocenters. The first-order valence-electron chi connectivity index (χ1n) is 7.13. The number of benzene rings is 1. The van der Waals surface area contributed by atoms with Gasteiger partial charge in [-0.15, -0.1) is 0 Å². The largest absolute Gasteiger partial charge is 1.00 e. The van der Waals surface area contributed by atoms with Gasteiger partial charge in [0.15, 0.2) is 0 Å². The smallest absolute Gasteiger partial charge is 0.748 e. The monoisotopic (exact) mass is 391 g/mol. The molecule has 0 amide bonds. The van der Waals surface area contributed by atoms with Gasteiger partial charge in [-0.05, 0) is 17.7 Å². The summed E-state index contributed by atoms with van der Waals surface area (Å²) in [6.07, 6.45) is 1.59. The van der Waals surface area contributed by atoms with Crippen molar-refractivity contribution in [2.75, 3.05) is 7.11 Å². The maximum Gasteiger partial charge on any atom is 1.00 e. The normalized spacial score (nSPS) is 16.3. The fourth-order valence-corrected chi connectivity index (χ4v) is 2.90. The number of rotatable bonds is 4. The maximum atomic E-state index is 11.9. The zero-order chi connectivity index (χ0) is 18.1. The number of hydrogen-bond donors (Lipinski definition) is 0. The van der Waals surface area contributed by atoms with E-state index < -0.39 is 21.8 Å². The van der Waals surface area contributed by atoms with Crippen molar-refractivity contribution in [1.29, 1.82) is 0 Å². The predicted octanol–water partition coefficient (Wildman–Crippen LogP) is -0.913. The maximum absolute atomic E-state index is 11.9. The molecule has 0 spiro atoms. The van der Waals surface area contributed by atoms with Crippen LogP contribution in [0.5, 0.6) is 5.75 Å². The first kappa shape index (κ1) is 22.5. The molecule has 0 atom stereocenters. The van der Waals surface area contributed by atoms with Gasteiger partial charge in [0.2, 0.25) is 0 Å². The van der Waals surface area contributed by atoms with Gasteiger partial charge in [-0.3, -0.25) is 0 Å². The van der Waals surface area contributed by atoms with Crippen molar-refractivity contribution < 1.29 is 78.7 Å². The van der Waals surface area contributed by atoms with Crippen LogP contribution in [0.25, 0.3) is 6.08 Å². The standard InChI is InChI=1S/C16H19NO6S.K/c1-16(2,3)14-12(15(18)23-17-14)7-10-5-6-11(9-24(19,20)21)13(8-10)22-4;/h5-8H,9H2,1-4H3,(H,19,20,21);/q;+1/p-1/b12-7-;. The average molecular weight is 391 g/mol. The third-order valence-corrected chi connectivity index (χ3v) is 4.02. The van der Waals surface area contributed by atoms with Crippen LogP contribution in [0.4, 0.5) is 0 Å². The molecule has 0 aliphatic carbocycles. The van der Waals surface area contributed by atoms with E-state index in [1.54, 1.807) is 18.2 Å². The Morgan fingerprint density at radius 1 is 1.32 bits per heavy atom. The minimum atomic E-state index is -4.42. The third kappa shape index (κ3) is 5.99. The van der Waals surface area contributed by atoms with Crippen molar-refractivity contribution in [3.05, 3.63) is 34.9 Å². The van der Waals surface area contributed by atoms with Crippen LogP contribution in [0.3, 0.4) is 0 Å². The summed E-state index contributed by atoms with van der Waals surface area (Å²) >= 11 is 0. The Morgan fingerprint density at radius 2 is 1.96 bits per heavy atom. The molecule has 0 bridgehead atoms. The molecule has 130 valence electrons. The van der Waals surface area contributed by atoms with E-state index in [9.17, 15) is 17.8 Å². The average Bonchev–Trinajstić information content (AvgIpc) is 2.80. The number of ether oxygens (including phenoxy) is 1. The minimum absolute atomic E-state index is 0. The quantitative estimate of drug-likeness (QED) is 0.285. The molecule has 1 aromatic carbocycles. The molecular formula is C16H18KNO6S. The molecule has 0 saturated heterocycles. The Morgan fingerprint density at radius 3 is 2.48 bits per heavy atom. The van der Waals surface area contributed by atoms with Gasteiger partial charge in [0.1, 0.15) is 11.5 Å². The molecule has 0 aromatic heterocycles. The topological polar surface area (TPSA) is 105 Å². The first-order chi connectivity index (χ1) is 11.0. The van der Waals surface area contributed by atoms with Gasteiger partial charge in [0.25, 0.3) is 0 Å². The van der Waals surface area contributed by atoms with Crippen LogP contribution in [0.1, 0.15) is 31.9 Å². The van der Waals surface area contributed by atoms with Gasteiger partial charge in [0.05, 0.1) is 28.6 Å². The van der Waals surface area contributed by atoms with Gasteiger partial charge >= 0.3 is 57.4 Å². The first-order valence-corrected chi connectivity index (χ1v) is 8.71. The molecule has 1 heterocycles. The van der Waals surface area contributed by atoms with E-state index in [0.717, 1.165) is 0 Å². The molecule has 0 N–H and O–H groups in total. The summed E-state index contributed by atoms with van der Waals surface area (Å²) in [7, 11) is -3.05. The van der Waals surface area contributed by atoms with E-state index in [0.29, 0.717) is 16.8 Å². The molecule has 9 heteroatoms. The van der Waals surface area contributed by atoms with Crippen molar-refractivity contribution >= 4 is 27.9 Å². The van der Waals surface area contributed by atoms with Crippen LogP contribution >= 0.6 is 0 Å². The number of carbonyl (C=O) groups is 1. The zero-order valence-corrected chi connectivity index (χ0v) is 18.8. The summed E-state index contributed by atoms with van der Waals surface area (Å²) in [5.41, 5.74) is 1.34. The second-order valence-electron chi connectivity index (χ2n) is 6.40. The molecule has 0 fully saturated rings. The Kier molecular flexibility index (Phi) is 7.58. The summed E-state index contributed by atoms with van der Waals surface area (Å²) < 4.78 is 37.9. The molecule has 1 aliphatic heterocycles. The Balaban J connectivity index is 0.00000312. The predicted molar refractivity (Wildman–Crippen MR) is 87.4 cm³/mol. The van der Waals surface area contributed by atoms with E-state index >= 15 is 0 Å². The number of methoxy groups -OCH3 is 1. The van der Waals surface area contributed by atoms with Crippen molar-refractivity contribution in [1.82, 2.24) is 0 Å². The summed E-state index contributed by atoms with van der Waals surface area (Å²) in [4.78, 5) is 16.6. The SMILES string of the molecule is COc1cc(/C=C2\C(=O)ON=C2C(C)(C)C)ccc1CS(=O)(=O)[O-].[K+]. The number of hydrogen-bond acceptors (Lipinski definition) is 7. The molecule has 0 saturated carbocycles. The van der Waals surface area contributed by atoms with E-state index in [1.165, 1.54) is 13.2 Å². The van der Waals surface area contributed by atoms with Crippen LogP contribution in [0, 0.1) is 5.41 Å². The van der Waals surface area contributed by atoms with Crippen LogP contribution in [0.15, 0.2) is 28.9 Å². The number of oxime groups is 1. The molecule has 25 heavy (non-hydrogen) atoms. The molecule has 7 nitrogen and oxygen atoms in total. The summed E-state index contributed by atoms with van der Waals surface area (Å²) in [5, 5.41) is 3.82. The van der Waals surface area contributed by atoms with Crippen LogP contribution in [-0.2, 0) is 25.5 Å². The van der Waals surface area contributed by atoms with Crippen molar-refractivity contribution in [2.45, 2.75) is 26.5 Å². The number of carbonyl (C=O) groups excluding carboxylic acids is 1. The minimum Gasteiger partial charge on any atom is -0.748 e. The molecule has 0 radical (unpaired) electrons. The van der Waals surface area contributed by atoms with Gasteiger partial charge in [-0.2, -0.15) is 0 Å². The van der Waals surface area contributed by atoms with Gasteiger partial charge in [-0.25, -0.2) is 13.2 Å². The van der Waals surface area contributed by atoms with Crippen molar-refractivity contribution in [2.24, 2.45) is 10.6 Å². The Hall–Kier alpha value is -0.554. The van der Waals surface area contributed by atoms with Crippen LogP contribution in [0.2, 0.25) is 0 Å². The van der Waals surface area contributed by atoms with E-state index in [4.69, 9.17) is 9.57 Å². The fraction of sp³-hybridized carbons (Fsp3) is 0.375. The zero-order valence-electron chi connectivity index (χ0n) is 14.8. The van der Waals surface area contributed by atoms with Gasteiger partial charge < -0.3 is 14.1 Å². The van der Waals surface area contributed by atoms with Crippen molar-refractivity contribution in [3.63, 3.8) is 0 Å². The second-order valence-corrected chi connectivity index (χ2v) is 7.80. The summed E-state index contributed by atoms with van der Waals surface area (Å²) in [6.45, 7) is 5.72. The van der Waals surface area contributed by atoms with Gasteiger partial charge in [-0.1, -0.05) is 38.1 Å². The van der Waals surface area contributed by atoms with Crippen molar-refractivity contribution in [3.8, 4) is 5.75 Å². The Bertz CT molecular complexity index is 837. The summed E-state index contributed by atoms with van der Waals surface area (Å²) in [5.74, 6) is -0.960. The van der Waals surface area contributed by atoms with Gasteiger partial charge in [0, 0.05) is 11.0 Å². The van der Waals surface area contributed by atoms with Crippen LogP contribution < -0.4 is 56.1 Å². The fourth-order valence-electron chi connectivity index (χ4n) is 2.28. The van der Waals surface area contributed by atoms with Crippen LogP contribution in [-0.4, -0.2) is 31.8 Å². The second kappa shape index (κ2) is 8.42. The molecule has 2 rings (SSSR count). The molecule has 1 aliphatic rings. The van der Waals surface area contributed by atoms with E-state index in [1.807, 2.05) is 20.8 Å².